The molecule has 3 N–H and O–H groups in total. The molecule has 0 saturated heterocycles. The first-order chi connectivity index (χ1) is 12.9. The van der Waals surface area contributed by atoms with Gasteiger partial charge in [0, 0.05) is 5.69 Å². The third-order valence-corrected chi connectivity index (χ3v) is 4.98. The van der Waals surface area contributed by atoms with E-state index in [-0.39, 0.29) is 0 Å². The minimum atomic E-state index is -4.13. The van der Waals surface area contributed by atoms with Crippen LogP contribution in [0.15, 0.2) is 35.2 Å². The molecule has 0 aliphatic carbocycles. The van der Waals surface area contributed by atoms with Gasteiger partial charge in [0.25, 0.3) is 5.91 Å². The summed E-state index contributed by atoms with van der Waals surface area (Å²) in [6.07, 6.45) is -1.25. The second kappa shape index (κ2) is 8.07. The maximum atomic E-state index is 13.9. The monoisotopic (exact) mass is 408 g/mol. The fourth-order valence-corrected chi connectivity index (χ4v) is 3.26. The average Bonchev–Trinajstić information content (AvgIpc) is 2.56. The molecule has 2 aromatic carbocycles. The van der Waals surface area contributed by atoms with Gasteiger partial charge in [-0.15, -0.1) is 0 Å². The smallest absolute Gasteiger partial charge is 0.341 e. The number of amides is 1. The van der Waals surface area contributed by atoms with Crippen molar-refractivity contribution in [3.8, 4) is 0 Å². The van der Waals surface area contributed by atoms with Crippen LogP contribution >= 0.6 is 0 Å². The first-order valence-corrected chi connectivity index (χ1v) is 9.87. The van der Waals surface area contributed by atoms with Gasteiger partial charge >= 0.3 is 5.97 Å². The van der Waals surface area contributed by atoms with Gasteiger partial charge in [0.1, 0.15) is 5.82 Å². The summed E-state index contributed by atoms with van der Waals surface area (Å²) in [4.78, 5) is 24.2. The summed E-state index contributed by atoms with van der Waals surface area (Å²) in [5, 5.41) is 7.67. The molecule has 9 heteroatoms. The van der Waals surface area contributed by atoms with Crippen LogP contribution in [0.2, 0.25) is 0 Å². The third-order valence-electron chi connectivity index (χ3n) is 4.06. The van der Waals surface area contributed by atoms with E-state index in [2.05, 4.69) is 5.32 Å². The lowest BCUT2D eigenvalue weighted by Gasteiger charge is -2.17. The molecule has 2 rings (SSSR count). The van der Waals surface area contributed by atoms with Crippen molar-refractivity contribution in [2.45, 2.75) is 38.7 Å². The van der Waals surface area contributed by atoms with Gasteiger partial charge < -0.3 is 10.1 Å². The number of benzene rings is 2. The molecule has 0 fully saturated rings. The molecule has 2 aromatic rings. The summed E-state index contributed by atoms with van der Waals surface area (Å²) in [6, 6.07) is 6.29. The maximum Gasteiger partial charge on any atom is 0.341 e. The van der Waals surface area contributed by atoms with E-state index in [4.69, 9.17) is 9.88 Å². The Bertz CT molecular complexity index is 1030. The van der Waals surface area contributed by atoms with E-state index < -0.39 is 44.3 Å². The highest BCUT2D eigenvalue weighted by Crippen LogP contribution is 2.22. The molecule has 0 aromatic heterocycles. The molecule has 0 radical (unpaired) electrons. The van der Waals surface area contributed by atoms with E-state index in [0.717, 1.165) is 34.9 Å². The largest absolute Gasteiger partial charge is 0.449 e. The Balaban J connectivity index is 2.18. The van der Waals surface area contributed by atoms with Crippen LogP contribution in [-0.4, -0.2) is 26.4 Å². The van der Waals surface area contributed by atoms with Crippen LogP contribution in [0.3, 0.4) is 0 Å². The van der Waals surface area contributed by atoms with Crippen LogP contribution in [-0.2, 0) is 19.6 Å². The molecular weight excluding hydrogens is 387 g/mol. The number of halogens is 1. The average molecular weight is 408 g/mol. The van der Waals surface area contributed by atoms with Crippen molar-refractivity contribution in [3.63, 3.8) is 0 Å². The van der Waals surface area contributed by atoms with Crippen molar-refractivity contribution in [1.82, 2.24) is 0 Å². The molecular formula is C19H21FN2O5S. The molecule has 1 amide bonds. The van der Waals surface area contributed by atoms with Crippen LogP contribution in [0.4, 0.5) is 10.1 Å². The number of esters is 1. The van der Waals surface area contributed by atoms with E-state index >= 15 is 0 Å². The number of ether oxygens (including phenoxy) is 1. The van der Waals surface area contributed by atoms with E-state index in [1.165, 1.54) is 6.92 Å². The highest BCUT2D eigenvalue weighted by atomic mass is 32.2. The first kappa shape index (κ1) is 21.5. The molecule has 0 saturated carbocycles. The highest BCUT2D eigenvalue weighted by molar-refractivity contribution is 7.89. The lowest BCUT2D eigenvalue weighted by molar-refractivity contribution is -0.123. The van der Waals surface area contributed by atoms with Gasteiger partial charge in [-0.05, 0) is 57.0 Å². The molecule has 1 atom stereocenters. The minimum Gasteiger partial charge on any atom is -0.449 e. The van der Waals surface area contributed by atoms with Crippen molar-refractivity contribution < 1.29 is 27.1 Å². The van der Waals surface area contributed by atoms with Crippen LogP contribution in [0.25, 0.3) is 0 Å². The predicted octanol–water partition coefficient (Wildman–Crippen LogP) is 2.58. The Kier molecular flexibility index (Phi) is 6.20. The van der Waals surface area contributed by atoms with Crippen molar-refractivity contribution in [2.24, 2.45) is 5.14 Å². The molecule has 0 bridgehead atoms. The fraction of sp³-hybridized carbons (Fsp3) is 0.263. The third kappa shape index (κ3) is 4.93. The summed E-state index contributed by atoms with van der Waals surface area (Å²) in [6.45, 7) is 6.93. The zero-order chi connectivity index (χ0) is 21.2. The Hall–Kier alpha value is -2.78. The quantitative estimate of drug-likeness (QED) is 0.738. The normalized spacial score (nSPS) is 12.4. The molecule has 150 valence electrons. The zero-order valence-electron chi connectivity index (χ0n) is 15.9. The number of nitrogens with one attached hydrogen (secondary N) is 1. The van der Waals surface area contributed by atoms with Gasteiger partial charge in [-0.3, -0.25) is 4.79 Å². The van der Waals surface area contributed by atoms with E-state index in [0.29, 0.717) is 5.69 Å². The Morgan fingerprint density at radius 3 is 2.21 bits per heavy atom. The van der Waals surface area contributed by atoms with E-state index in [9.17, 15) is 22.4 Å². The summed E-state index contributed by atoms with van der Waals surface area (Å²) < 4.78 is 41.7. The lowest BCUT2D eigenvalue weighted by atomic mass is 10.0. The van der Waals surface area contributed by atoms with Crippen molar-refractivity contribution >= 4 is 27.6 Å². The van der Waals surface area contributed by atoms with Crippen LogP contribution < -0.4 is 10.5 Å². The van der Waals surface area contributed by atoms with Gasteiger partial charge in [-0.25, -0.2) is 22.7 Å². The van der Waals surface area contributed by atoms with Crippen LogP contribution in [0, 0.1) is 26.6 Å². The number of carbonyl (C=O) groups excluding carboxylic acids is 2. The van der Waals surface area contributed by atoms with Gasteiger partial charge in [0.2, 0.25) is 10.0 Å². The number of nitrogens with two attached hydrogens (primary N) is 1. The van der Waals surface area contributed by atoms with Crippen LogP contribution in [0.1, 0.15) is 34.0 Å². The van der Waals surface area contributed by atoms with Gasteiger partial charge in [-0.2, -0.15) is 0 Å². The molecule has 7 nitrogen and oxygen atoms in total. The minimum absolute atomic E-state index is 0.441. The molecule has 0 heterocycles. The first-order valence-electron chi connectivity index (χ1n) is 8.32. The fourth-order valence-electron chi connectivity index (χ4n) is 2.72. The maximum absolute atomic E-state index is 13.9. The van der Waals surface area contributed by atoms with E-state index in [1.54, 1.807) is 0 Å². The number of hydrogen-bond donors (Lipinski definition) is 2. The summed E-state index contributed by atoms with van der Waals surface area (Å²) >= 11 is 0. The van der Waals surface area contributed by atoms with Gasteiger partial charge in [-0.1, -0.05) is 17.7 Å². The van der Waals surface area contributed by atoms with Crippen molar-refractivity contribution in [1.29, 1.82) is 0 Å². The molecule has 0 aliphatic rings. The highest BCUT2D eigenvalue weighted by Gasteiger charge is 2.23. The second-order valence-corrected chi connectivity index (χ2v) is 8.06. The lowest BCUT2D eigenvalue weighted by Crippen LogP contribution is -2.31. The number of carbonyl (C=O) groups is 2. The summed E-state index contributed by atoms with van der Waals surface area (Å²) in [5.74, 6) is -2.77. The standard InChI is InChI=1S/C19H21FN2O5S/c1-10-7-11(2)17(12(3)8-10)22-18(23)13(4)27-19(24)15-9-14(28(21,25)26)5-6-16(15)20/h5-9,13H,1-4H3,(H,22,23)(H2,21,25,26)/t13-/m0/s1. The number of aryl methyl sites for hydroxylation is 3. The SMILES string of the molecule is Cc1cc(C)c(NC(=O)[C@H](C)OC(=O)c2cc(S(N)(=O)=O)ccc2F)c(C)c1. The molecule has 0 spiro atoms. The molecule has 0 aliphatic heterocycles. The number of anilines is 1. The topological polar surface area (TPSA) is 116 Å². The molecule has 28 heavy (non-hydrogen) atoms. The zero-order valence-corrected chi connectivity index (χ0v) is 16.7. The molecule has 0 unspecified atom stereocenters. The Morgan fingerprint density at radius 1 is 1.11 bits per heavy atom. The summed E-state index contributed by atoms with van der Waals surface area (Å²) in [7, 11) is -4.13. The predicted molar refractivity (Wildman–Crippen MR) is 102 cm³/mol. The van der Waals surface area contributed by atoms with Crippen LogP contribution in [0.5, 0.6) is 0 Å². The second-order valence-electron chi connectivity index (χ2n) is 6.50. The Morgan fingerprint density at radius 2 is 1.68 bits per heavy atom. The van der Waals surface area contributed by atoms with Gasteiger partial charge in [0.15, 0.2) is 6.10 Å². The number of sulfonamides is 1. The Labute approximate surface area is 162 Å². The van der Waals surface area contributed by atoms with Crippen molar-refractivity contribution in [2.75, 3.05) is 5.32 Å². The van der Waals surface area contributed by atoms with E-state index in [1.807, 2.05) is 32.9 Å². The number of rotatable bonds is 5. The van der Waals surface area contributed by atoms with Gasteiger partial charge in [0.05, 0.1) is 10.5 Å². The number of hydrogen-bond acceptors (Lipinski definition) is 5. The number of primary sulfonamides is 1. The van der Waals surface area contributed by atoms with Crippen molar-refractivity contribution in [3.05, 3.63) is 58.4 Å². The summed E-state index contributed by atoms with van der Waals surface area (Å²) in [5.41, 5.74) is 2.69.